The molecule has 0 heterocycles. The summed E-state index contributed by atoms with van der Waals surface area (Å²) in [6, 6.07) is 12.2. The van der Waals surface area contributed by atoms with Crippen molar-refractivity contribution in [1.29, 1.82) is 0 Å². The zero-order chi connectivity index (χ0) is 23.8. The molecule has 0 fully saturated rings. The van der Waals surface area contributed by atoms with Crippen LogP contribution >= 0.6 is 0 Å². The first-order chi connectivity index (χ1) is 15.0. The molecule has 2 N–H and O–H groups in total. The van der Waals surface area contributed by atoms with Crippen LogP contribution in [0.25, 0.3) is 0 Å². The average Bonchev–Trinajstić information content (AvgIpc) is 2.74. The highest BCUT2D eigenvalue weighted by Crippen LogP contribution is 2.17. The van der Waals surface area contributed by atoms with Gasteiger partial charge in [0.1, 0.15) is 11.5 Å². The van der Waals surface area contributed by atoms with E-state index in [2.05, 4.69) is 9.44 Å². The van der Waals surface area contributed by atoms with Crippen LogP contribution in [0.4, 0.5) is 0 Å². The summed E-state index contributed by atoms with van der Waals surface area (Å²) in [4.78, 5) is 0.156. The average molecular weight is 485 g/mol. The number of sulfonamides is 2. The van der Waals surface area contributed by atoms with Crippen LogP contribution in [0.2, 0.25) is 0 Å². The Bertz CT molecular complexity index is 961. The van der Waals surface area contributed by atoms with E-state index in [1.807, 2.05) is 27.7 Å². The highest BCUT2D eigenvalue weighted by molar-refractivity contribution is 7.89. The summed E-state index contributed by atoms with van der Waals surface area (Å²) in [5, 5.41) is 0. The van der Waals surface area contributed by atoms with Gasteiger partial charge in [0, 0.05) is 13.1 Å². The highest BCUT2D eigenvalue weighted by Gasteiger charge is 2.16. The van der Waals surface area contributed by atoms with Gasteiger partial charge in [-0.3, -0.25) is 0 Å². The molecule has 0 bridgehead atoms. The second-order valence-corrected chi connectivity index (χ2v) is 11.7. The number of hydrogen-bond acceptors (Lipinski definition) is 6. The Morgan fingerprint density at radius 1 is 0.625 bits per heavy atom. The minimum Gasteiger partial charge on any atom is -0.493 e. The minimum atomic E-state index is -3.77. The highest BCUT2D eigenvalue weighted by atomic mass is 32.2. The van der Waals surface area contributed by atoms with Gasteiger partial charge in [0.05, 0.1) is 23.0 Å². The molecule has 178 valence electrons. The van der Waals surface area contributed by atoms with E-state index in [1.54, 1.807) is 24.3 Å². The van der Waals surface area contributed by atoms with E-state index in [1.165, 1.54) is 24.3 Å². The van der Waals surface area contributed by atoms with E-state index in [4.69, 9.17) is 9.47 Å². The third-order valence-corrected chi connectivity index (χ3v) is 7.10. The monoisotopic (exact) mass is 484 g/mol. The Balaban J connectivity index is 1.85. The van der Waals surface area contributed by atoms with Gasteiger partial charge in [-0.2, -0.15) is 0 Å². The van der Waals surface area contributed by atoms with Gasteiger partial charge >= 0.3 is 0 Å². The van der Waals surface area contributed by atoms with Crippen molar-refractivity contribution < 1.29 is 26.3 Å². The third kappa shape index (κ3) is 8.42. The van der Waals surface area contributed by atoms with Crippen LogP contribution < -0.4 is 18.9 Å². The third-order valence-electron chi connectivity index (χ3n) is 4.14. The molecule has 0 radical (unpaired) electrons. The minimum absolute atomic E-state index is 0.0780. The molecule has 2 aromatic rings. The molecule has 0 aliphatic rings. The topological polar surface area (TPSA) is 111 Å². The molecule has 0 aromatic heterocycles. The predicted molar refractivity (Wildman–Crippen MR) is 124 cm³/mol. The molecule has 0 aliphatic heterocycles. The number of benzene rings is 2. The first-order valence-corrected chi connectivity index (χ1v) is 13.4. The number of ether oxygens (including phenoxy) is 2. The Labute approximate surface area is 191 Å². The van der Waals surface area contributed by atoms with Crippen LogP contribution in [-0.2, 0) is 20.0 Å². The van der Waals surface area contributed by atoms with Gasteiger partial charge in [-0.25, -0.2) is 26.3 Å². The molecule has 10 heteroatoms. The largest absolute Gasteiger partial charge is 0.493 e. The van der Waals surface area contributed by atoms with Crippen molar-refractivity contribution in [1.82, 2.24) is 9.44 Å². The van der Waals surface area contributed by atoms with Crippen molar-refractivity contribution in [2.24, 2.45) is 11.8 Å². The van der Waals surface area contributed by atoms with Gasteiger partial charge in [0.25, 0.3) is 0 Å². The van der Waals surface area contributed by atoms with Crippen molar-refractivity contribution in [3.05, 3.63) is 48.5 Å². The van der Waals surface area contributed by atoms with Gasteiger partial charge in [-0.15, -0.1) is 0 Å². The van der Waals surface area contributed by atoms with Gasteiger partial charge in [-0.05, 0) is 60.4 Å². The molecule has 32 heavy (non-hydrogen) atoms. The van der Waals surface area contributed by atoms with Crippen molar-refractivity contribution in [2.45, 2.75) is 37.5 Å². The number of nitrogens with one attached hydrogen (secondary N) is 2. The van der Waals surface area contributed by atoms with Crippen molar-refractivity contribution in [2.75, 3.05) is 26.3 Å². The summed E-state index contributed by atoms with van der Waals surface area (Å²) in [7, 11) is -7.53. The summed E-state index contributed by atoms with van der Waals surface area (Å²) in [6.45, 7) is 8.98. The maximum absolute atomic E-state index is 12.4. The Morgan fingerprint density at radius 2 is 0.938 bits per heavy atom. The van der Waals surface area contributed by atoms with Gasteiger partial charge in [0.2, 0.25) is 20.0 Å². The fraction of sp³-hybridized carbons (Fsp3) is 0.455. The fourth-order valence-electron chi connectivity index (χ4n) is 2.49. The zero-order valence-corrected chi connectivity index (χ0v) is 20.5. The smallest absolute Gasteiger partial charge is 0.240 e. The lowest BCUT2D eigenvalue weighted by atomic mass is 10.2. The molecule has 0 aliphatic carbocycles. The first-order valence-electron chi connectivity index (χ1n) is 10.4. The van der Waals surface area contributed by atoms with E-state index >= 15 is 0 Å². The van der Waals surface area contributed by atoms with Crippen molar-refractivity contribution in [3.8, 4) is 11.5 Å². The first kappa shape index (κ1) is 26.1. The van der Waals surface area contributed by atoms with E-state index in [-0.39, 0.29) is 22.9 Å². The Hall–Kier alpha value is -2.14. The number of rotatable bonds is 13. The zero-order valence-electron chi connectivity index (χ0n) is 18.9. The van der Waals surface area contributed by atoms with E-state index in [0.717, 1.165) is 0 Å². The molecular formula is C22H32N2O6S2. The normalized spacial score (nSPS) is 12.3. The molecule has 0 spiro atoms. The summed E-state index contributed by atoms with van der Waals surface area (Å²) < 4.78 is 65.5. The summed E-state index contributed by atoms with van der Waals surface area (Å²) in [5.41, 5.74) is 0. The van der Waals surface area contributed by atoms with E-state index in [9.17, 15) is 16.8 Å². The van der Waals surface area contributed by atoms with Crippen LogP contribution in [0.1, 0.15) is 27.7 Å². The molecule has 8 nitrogen and oxygen atoms in total. The van der Waals surface area contributed by atoms with Crippen LogP contribution in [0.5, 0.6) is 11.5 Å². The van der Waals surface area contributed by atoms with Gasteiger partial charge < -0.3 is 9.47 Å². The molecule has 2 rings (SSSR count). The lowest BCUT2D eigenvalue weighted by Crippen LogP contribution is -2.34. The van der Waals surface area contributed by atoms with Crippen molar-refractivity contribution >= 4 is 20.0 Å². The maximum Gasteiger partial charge on any atom is 0.240 e. The SMILES string of the molecule is CC(C)COc1ccc(S(=O)(=O)NCCNS(=O)(=O)c2ccc(OCC(C)C)cc2)cc1. The molecule has 0 unspecified atom stereocenters. The quantitative estimate of drug-likeness (QED) is 0.423. The fourth-order valence-corrected chi connectivity index (χ4v) is 4.56. The summed E-state index contributed by atoms with van der Waals surface area (Å²) in [6.07, 6.45) is 0. The Morgan fingerprint density at radius 3 is 1.22 bits per heavy atom. The Kier molecular flexibility index (Phi) is 9.50. The molecular weight excluding hydrogens is 452 g/mol. The van der Waals surface area contributed by atoms with Crippen molar-refractivity contribution in [3.63, 3.8) is 0 Å². The summed E-state index contributed by atoms with van der Waals surface area (Å²) in [5.74, 6) is 1.90. The maximum atomic E-state index is 12.4. The second kappa shape index (κ2) is 11.6. The standard InChI is InChI=1S/C22H32N2O6S2/c1-17(2)15-29-19-5-9-21(10-6-19)31(25,26)23-13-14-24-32(27,28)22-11-7-20(8-12-22)30-16-18(3)4/h5-12,17-18,23-24H,13-16H2,1-4H3. The summed E-state index contributed by atoms with van der Waals surface area (Å²) >= 11 is 0. The van der Waals surface area contributed by atoms with Crippen LogP contribution in [0.3, 0.4) is 0 Å². The molecule has 0 saturated heterocycles. The van der Waals surface area contributed by atoms with Gasteiger partial charge in [0.15, 0.2) is 0 Å². The lowest BCUT2D eigenvalue weighted by Gasteiger charge is -2.11. The molecule has 2 aromatic carbocycles. The molecule has 0 saturated carbocycles. The van der Waals surface area contributed by atoms with E-state index < -0.39 is 20.0 Å². The van der Waals surface area contributed by atoms with Crippen LogP contribution in [-0.4, -0.2) is 43.1 Å². The number of hydrogen-bond donors (Lipinski definition) is 2. The molecule has 0 amide bonds. The van der Waals surface area contributed by atoms with Gasteiger partial charge in [-0.1, -0.05) is 27.7 Å². The van der Waals surface area contributed by atoms with E-state index in [0.29, 0.717) is 36.5 Å². The predicted octanol–water partition coefficient (Wildman–Crippen LogP) is 3.01. The lowest BCUT2D eigenvalue weighted by molar-refractivity contribution is 0.271. The molecule has 0 atom stereocenters. The second-order valence-electron chi connectivity index (χ2n) is 8.15. The van der Waals surface area contributed by atoms with Crippen LogP contribution in [0.15, 0.2) is 58.3 Å². The van der Waals surface area contributed by atoms with Crippen LogP contribution in [0, 0.1) is 11.8 Å².